The van der Waals surface area contributed by atoms with Crippen molar-refractivity contribution in [1.29, 1.82) is 0 Å². The number of halogens is 1. The van der Waals surface area contributed by atoms with Gasteiger partial charge in [0.05, 0.1) is 6.20 Å². The van der Waals surface area contributed by atoms with Gasteiger partial charge in [0.1, 0.15) is 5.02 Å². The molecule has 1 fully saturated rings. The van der Waals surface area contributed by atoms with Gasteiger partial charge in [-0.1, -0.05) is 18.5 Å². The van der Waals surface area contributed by atoms with E-state index in [2.05, 4.69) is 32.4 Å². The van der Waals surface area contributed by atoms with Crippen LogP contribution in [0.5, 0.6) is 0 Å². The zero-order chi connectivity index (χ0) is 13.7. The van der Waals surface area contributed by atoms with E-state index < -0.39 is 0 Å². The maximum Gasteiger partial charge on any atom is 0.224 e. The molecule has 106 valence electrons. The molecule has 1 atom stereocenters. The summed E-state index contributed by atoms with van der Waals surface area (Å²) in [5, 5.41) is 7.02. The monoisotopic (exact) mass is 283 g/mol. The van der Waals surface area contributed by atoms with Crippen LogP contribution in [0.3, 0.4) is 0 Å². The van der Waals surface area contributed by atoms with E-state index in [4.69, 9.17) is 11.6 Å². The molecular weight excluding hydrogens is 262 g/mol. The molecule has 1 saturated heterocycles. The first kappa shape index (κ1) is 14.3. The normalized spacial score (nSPS) is 19.6. The van der Waals surface area contributed by atoms with E-state index in [0.717, 1.165) is 25.5 Å². The molecule has 0 spiro atoms. The zero-order valence-corrected chi connectivity index (χ0v) is 12.4. The number of hydrogen-bond donors (Lipinski definition) is 2. The lowest BCUT2D eigenvalue weighted by molar-refractivity contribution is 0.277. The first-order valence-corrected chi connectivity index (χ1v) is 7.36. The molecule has 0 radical (unpaired) electrons. The lowest BCUT2D eigenvalue weighted by atomic mass is 10.2. The molecule has 0 aromatic carbocycles. The van der Waals surface area contributed by atoms with Gasteiger partial charge in [0.2, 0.25) is 5.95 Å². The number of hydrogen-bond acceptors (Lipinski definition) is 5. The average molecular weight is 284 g/mol. The van der Waals surface area contributed by atoms with Crippen LogP contribution in [0.4, 0.5) is 11.8 Å². The van der Waals surface area contributed by atoms with Crippen LogP contribution in [0.25, 0.3) is 0 Å². The summed E-state index contributed by atoms with van der Waals surface area (Å²) in [5.74, 6) is 1.34. The van der Waals surface area contributed by atoms with Gasteiger partial charge in [-0.3, -0.25) is 4.90 Å². The summed E-state index contributed by atoms with van der Waals surface area (Å²) in [6.07, 6.45) is 4.16. The quantitative estimate of drug-likeness (QED) is 0.840. The Morgan fingerprint density at radius 2 is 2.26 bits per heavy atom. The molecule has 1 unspecified atom stereocenters. The number of rotatable bonds is 6. The average Bonchev–Trinajstić information content (AvgIpc) is 2.87. The van der Waals surface area contributed by atoms with Crippen LogP contribution in [0, 0.1) is 0 Å². The van der Waals surface area contributed by atoms with Crippen molar-refractivity contribution in [3.05, 3.63) is 11.2 Å². The Morgan fingerprint density at radius 3 is 3.00 bits per heavy atom. The van der Waals surface area contributed by atoms with Crippen molar-refractivity contribution in [3.8, 4) is 0 Å². The van der Waals surface area contributed by atoms with Crippen molar-refractivity contribution in [2.45, 2.75) is 32.7 Å². The maximum atomic E-state index is 6.12. The van der Waals surface area contributed by atoms with Gasteiger partial charge < -0.3 is 10.6 Å². The Bertz CT molecular complexity index is 412. The Hall–Kier alpha value is -1.07. The van der Waals surface area contributed by atoms with Gasteiger partial charge in [-0.15, -0.1) is 0 Å². The Kier molecular flexibility index (Phi) is 5.22. The first-order chi connectivity index (χ1) is 9.24. The SMILES string of the molecule is CCNc1ncc(Cl)c(NCC2CCCN2CC)n1. The van der Waals surface area contributed by atoms with Crippen LogP contribution in [0.1, 0.15) is 26.7 Å². The summed E-state index contributed by atoms with van der Waals surface area (Å²) in [6.45, 7) is 8.21. The highest BCUT2D eigenvalue weighted by molar-refractivity contribution is 6.32. The number of nitrogens with zero attached hydrogens (tertiary/aromatic N) is 3. The molecule has 0 aliphatic carbocycles. The van der Waals surface area contributed by atoms with Gasteiger partial charge >= 0.3 is 0 Å². The summed E-state index contributed by atoms with van der Waals surface area (Å²) in [7, 11) is 0. The van der Waals surface area contributed by atoms with Crippen molar-refractivity contribution < 1.29 is 0 Å². The van der Waals surface area contributed by atoms with E-state index in [9.17, 15) is 0 Å². The van der Waals surface area contributed by atoms with E-state index in [0.29, 0.717) is 17.0 Å². The van der Waals surface area contributed by atoms with Gasteiger partial charge in [0.25, 0.3) is 0 Å². The molecule has 2 heterocycles. The third kappa shape index (κ3) is 3.70. The van der Waals surface area contributed by atoms with E-state index in [1.54, 1.807) is 6.20 Å². The Labute approximate surface area is 119 Å². The van der Waals surface area contributed by atoms with E-state index in [1.807, 2.05) is 6.92 Å². The van der Waals surface area contributed by atoms with Gasteiger partial charge in [0.15, 0.2) is 5.82 Å². The van der Waals surface area contributed by atoms with Crippen LogP contribution >= 0.6 is 11.6 Å². The molecule has 0 bridgehead atoms. The van der Waals surface area contributed by atoms with Crippen molar-refractivity contribution in [3.63, 3.8) is 0 Å². The van der Waals surface area contributed by atoms with Gasteiger partial charge in [-0.2, -0.15) is 4.98 Å². The number of likely N-dealkylation sites (tertiary alicyclic amines) is 1. The second-order valence-corrected chi connectivity index (χ2v) is 5.13. The molecule has 1 aliphatic heterocycles. The topological polar surface area (TPSA) is 53.1 Å². The molecule has 1 aromatic rings. The summed E-state index contributed by atoms with van der Waals surface area (Å²) in [4.78, 5) is 11.0. The fourth-order valence-corrected chi connectivity index (χ4v) is 2.65. The van der Waals surface area contributed by atoms with E-state index in [1.165, 1.54) is 19.4 Å². The number of anilines is 2. The third-order valence-corrected chi connectivity index (χ3v) is 3.77. The third-order valence-electron chi connectivity index (χ3n) is 3.49. The van der Waals surface area contributed by atoms with Crippen LogP contribution in [0.2, 0.25) is 5.02 Å². The molecule has 2 N–H and O–H groups in total. The van der Waals surface area contributed by atoms with Crippen molar-refractivity contribution >= 4 is 23.4 Å². The summed E-state index contributed by atoms with van der Waals surface area (Å²) >= 11 is 6.12. The highest BCUT2D eigenvalue weighted by Gasteiger charge is 2.22. The molecular formula is C13H22ClN5. The molecule has 5 nitrogen and oxygen atoms in total. The molecule has 1 aliphatic rings. The van der Waals surface area contributed by atoms with Gasteiger partial charge in [-0.25, -0.2) is 4.98 Å². The predicted octanol–water partition coefficient (Wildman–Crippen LogP) is 2.46. The highest BCUT2D eigenvalue weighted by Crippen LogP contribution is 2.21. The van der Waals surface area contributed by atoms with Gasteiger partial charge in [-0.05, 0) is 32.9 Å². The minimum atomic E-state index is 0.572. The molecule has 19 heavy (non-hydrogen) atoms. The Balaban J connectivity index is 1.96. The molecule has 1 aromatic heterocycles. The first-order valence-electron chi connectivity index (χ1n) is 6.99. The second kappa shape index (κ2) is 6.91. The fraction of sp³-hybridized carbons (Fsp3) is 0.692. The smallest absolute Gasteiger partial charge is 0.224 e. The van der Waals surface area contributed by atoms with Gasteiger partial charge in [0, 0.05) is 19.1 Å². The Morgan fingerprint density at radius 1 is 1.42 bits per heavy atom. The fourth-order valence-electron chi connectivity index (χ4n) is 2.49. The molecule has 0 saturated carbocycles. The van der Waals surface area contributed by atoms with Crippen molar-refractivity contribution in [2.75, 3.05) is 36.8 Å². The number of likely N-dealkylation sites (N-methyl/N-ethyl adjacent to an activating group) is 1. The minimum Gasteiger partial charge on any atom is -0.367 e. The number of nitrogens with one attached hydrogen (secondary N) is 2. The van der Waals surface area contributed by atoms with E-state index in [-0.39, 0.29) is 0 Å². The van der Waals surface area contributed by atoms with Crippen LogP contribution in [0.15, 0.2) is 6.20 Å². The lowest BCUT2D eigenvalue weighted by Gasteiger charge is -2.23. The van der Waals surface area contributed by atoms with Crippen LogP contribution in [-0.2, 0) is 0 Å². The minimum absolute atomic E-state index is 0.572. The van der Waals surface area contributed by atoms with Crippen molar-refractivity contribution in [1.82, 2.24) is 14.9 Å². The second-order valence-electron chi connectivity index (χ2n) is 4.73. The zero-order valence-electron chi connectivity index (χ0n) is 11.6. The maximum absolute atomic E-state index is 6.12. The summed E-state index contributed by atoms with van der Waals surface area (Å²) in [5.41, 5.74) is 0. The highest BCUT2D eigenvalue weighted by atomic mass is 35.5. The predicted molar refractivity (Wildman–Crippen MR) is 80.0 cm³/mol. The number of aromatic nitrogens is 2. The molecule has 2 rings (SSSR count). The standard InChI is InChI=1S/C13H22ClN5/c1-3-15-13-17-9-11(14)12(18-13)16-8-10-6-5-7-19(10)4-2/h9-10H,3-8H2,1-2H3,(H2,15,16,17,18). The summed E-state index contributed by atoms with van der Waals surface area (Å²) < 4.78 is 0. The molecule has 0 amide bonds. The largest absolute Gasteiger partial charge is 0.367 e. The van der Waals surface area contributed by atoms with Crippen molar-refractivity contribution in [2.24, 2.45) is 0 Å². The lowest BCUT2D eigenvalue weighted by Crippen LogP contribution is -2.34. The van der Waals surface area contributed by atoms with Crippen LogP contribution < -0.4 is 10.6 Å². The summed E-state index contributed by atoms with van der Waals surface area (Å²) in [6, 6.07) is 0.582. The molecule has 6 heteroatoms. The van der Waals surface area contributed by atoms with E-state index >= 15 is 0 Å². The van der Waals surface area contributed by atoms with Crippen LogP contribution in [-0.4, -0.2) is 47.1 Å².